The molecule has 3 nitrogen and oxygen atoms in total. The summed E-state index contributed by atoms with van der Waals surface area (Å²) in [5.74, 6) is 0.337. The van der Waals surface area contributed by atoms with Gasteiger partial charge in [-0.15, -0.1) is 0 Å². The molecule has 1 aromatic heterocycles. The van der Waals surface area contributed by atoms with Crippen molar-refractivity contribution in [3.63, 3.8) is 0 Å². The fraction of sp³-hybridized carbons (Fsp3) is 0.643. The Morgan fingerprint density at radius 2 is 2.11 bits per heavy atom. The average Bonchev–Trinajstić information content (AvgIpc) is 2.38. The van der Waals surface area contributed by atoms with Crippen LogP contribution in [0.4, 0.5) is 4.39 Å². The van der Waals surface area contributed by atoms with Gasteiger partial charge in [0.2, 0.25) is 0 Å². The Labute approximate surface area is 107 Å². The molecule has 1 aliphatic carbocycles. The van der Waals surface area contributed by atoms with Crippen LogP contribution in [0.3, 0.4) is 0 Å². The summed E-state index contributed by atoms with van der Waals surface area (Å²) in [7, 11) is 0. The number of nitrogens with zero attached hydrogens (tertiary/aromatic N) is 1. The molecule has 18 heavy (non-hydrogen) atoms. The second-order valence-corrected chi connectivity index (χ2v) is 5.21. The van der Waals surface area contributed by atoms with Gasteiger partial charge in [0.15, 0.2) is 0 Å². The third kappa shape index (κ3) is 3.75. The number of halogens is 1. The lowest BCUT2D eigenvalue weighted by Crippen LogP contribution is -2.30. The minimum absolute atomic E-state index is 0.0996. The number of rotatable bonds is 4. The first-order valence-corrected chi connectivity index (χ1v) is 6.68. The maximum atomic E-state index is 12.8. The van der Waals surface area contributed by atoms with Gasteiger partial charge in [-0.05, 0) is 57.2 Å². The SMILES string of the molecule is CC(NCC1CCC(O)CC1)c1ccc(F)cn1. The van der Waals surface area contributed by atoms with Crippen molar-refractivity contribution in [2.24, 2.45) is 5.92 Å². The number of aliphatic hydroxyl groups is 1. The average molecular weight is 252 g/mol. The molecule has 1 aromatic rings. The summed E-state index contributed by atoms with van der Waals surface area (Å²) in [6.45, 7) is 2.98. The number of hydrogen-bond donors (Lipinski definition) is 2. The van der Waals surface area contributed by atoms with Gasteiger partial charge in [-0.25, -0.2) is 4.39 Å². The smallest absolute Gasteiger partial charge is 0.141 e. The largest absolute Gasteiger partial charge is 0.393 e. The highest BCUT2D eigenvalue weighted by Crippen LogP contribution is 2.24. The van der Waals surface area contributed by atoms with Gasteiger partial charge in [-0.1, -0.05) is 0 Å². The summed E-state index contributed by atoms with van der Waals surface area (Å²) in [6, 6.07) is 3.30. The van der Waals surface area contributed by atoms with E-state index in [2.05, 4.69) is 10.3 Å². The van der Waals surface area contributed by atoms with Crippen LogP contribution in [0.25, 0.3) is 0 Å². The van der Waals surface area contributed by atoms with Crippen LogP contribution in [0.15, 0.2) is 18.3 Å². The molecule has 0 spiro atoms. The standard InChI is InChI=1S/C14H21FN2O/c1-10(14-7-4-12(15)9-17-14)16-8-11-2-5-13(18)6-3-11/h4,7,9-11,13,16,18H,2-3,5-6,8H2,1H3. The lowest BCUT2D eigenvalue weighted by atomic mass is 9.87. The number of aromatic nitrogens is 1. The molecule has 0 aliphatic heterocycles. The fourth-order valence-electron chi connectivity index (χ4n) is 2.44. The molecule has 0 aromatic carbocycles. The second-order valence-electron chi connectivity index (χ2n) is 5.21. The van der Waals surface area contributed by atoms with E-state index in [1.807, 2.05) is 6.92 Å². The van der Waals surface area contributed by atoms with Crippen molar-refractivity contribution < 1.29 is 9.50 Å². The van der Waals surface area contributed by atoms with Crippen molar-refractivity contribution in [3.8, 4) is 0 Å². The molecule has 1 heterocycles. The van der Waals surface area contributed by atoms with Crippen molar-refractivity contribution >= 4 is 0 Å². The third-order valence-electron chi connectivity index (χ3n) is 3.72. The maximum Gasteiger partial charge on any atom is 0.141 e. The maximum absolute atomic E-state index is 12.8. The molecule has 0 amide bonds. The van der Waals surface area contributed by atoms with Crippen LogP contribution < -0.4 is 5.32 Å². The lowest BCUT2D eigenvalue weighted by molar-refractivity contribution is 0.107. The number of hydrogen-bond acceptors (Lipinski definition) is 3. The van der Waals surface area contributed by atoms with Crippen molar-refractivity contribution in [2.45, 2.75) is 44.8 Å². The van der Waals surface area contributed by atoms with E-state index >= 15 is 0 Å². The van der Waals surface area contributed by atoms with Gasteiger partial charge in [-0.2, -0.15) is 0 Å². The van der Waals surface area contributed by atoms with E-state index in [1.54, 1.807) is 6.07 Å². The molecule has 1 saturated carbocycles. The van der Waals surface area contributed by atoms with E-state index < -0.39 is 0 Å². The molecule has 2 N–H and O–H groups in total. The summed E-state index contributed by atoms with van der Waals surface area (Å²) in [5.41, 5.74) is 0.868. The number of nitrogens with one attached hydrogen (secondary N) is 1. The monoisotopic (exact) mass is 252 g/mol. The zero-order valence-corrected chi connectivity index (χ0v) is 10.8. The Bertz CT molecular complexity index is 361. The van der Waals surface area contributed by atoms with E-state index in [1.165, 1.54) is 12.3 Å². The van der Waals surface area contributed by atoms with Crippen LogP contribution >= 0.6 is 0 Å². The molecule has 1 fully saturated rings. The molecule has 0 radical (unpaired) electrons. The molecule has 0 bridgehead atoms. The van der Waals surface area contributed by atoms with Gasteiger partial charge >= 0.3 is 0 Å². The fourth-order valence-corrected chi connectivity index (χ4v) is 2.44. The Morgan fingerprint density at radius 1 is 1.39 bits per heavy atom. The van der Waals surface area contributed by atoms with Crippen molar-refractivity contribution in [3.05, 3.63) is 29.8 Å². The first-order valence-electron chi connectivity index (χ1n) is 6.68. The van der Waals surface area contributed by atoms with Crippen molar-refractivity contribution in [2.75, 3.05) is 6.54 Å². The molecular weight excluding hydrogens is 231 g/mol. The number of pyridine rings is 1. The van der Waals surface area contributed by atoms with Crippen LogP contribution in [0, 0.1) is 11.7 Å². The Kier molecular flexibility index (Phi) is 4.66. The third-order valence-corrected chi connectivity index (χ3v) is 3.72. The zero-order valence-electron chi connectivity index (χ0n) is 10.8. The highest BCUT2D eigenvalue weighted by molar-refractivity contribution is 5.08. The van der Waals surface area contributed by atoms with Crippen LogP contribution in [0.1, 0.15) is 44.3 Å². The Hall–Kier alpha value is -1.00. The molecule has 2 rings (SSSR count). The van der Waals surface area contributed by atoms with E-state index in [-0.39, 0.29) is 18.0 Å². The van der Waals surface area contributed by atoms with E-state index in [0.29, 0.717) is 5.92 Å². The molecule has 1 aliphatic rings. The minimum atomic E-state index is -0.299. The molecule has 1 atom stereocenters. The minimum Gasteiger partial charge on any atom is -0.393 e. The summed E-state index contributed by atoms with van der Waals surface area (Å²) in [5, 5.41) is 12.9. The second kappa shape index (κ2) is 6.25. The molecule has 100 valence electrons. The zero-order chi connectivity index (χ0) is 13.0. The van der Waals surface area contributed by atoms with Crippen molar-refractivity contribution in [1.29, 1.82) is 0 Å². The molecule has 4 heteroatoms. The lowest BCUT2D eigenvalue weighted by Gasteiger charge is -2.26. The highest BCUT2D eigenvalue weighted by atomic mass is 19.1. The first kappa shape index (κ1) is 13.4. The Morgan fingerprint density at radius 3 is 2.72 bits per heavy atom. The highest BCUT2D eigenvalue weighted by Gasteiger charge is 2.19. The summed E-state index contributed by atoms with van der Waals surface area (Å²) < 4.78 is 12.8. The first-order chi connectivity index (χ1) is 8.65. The van der Waals surface area contributed by atoms with Gasteiger partial charge in [0, 0.05) is 6.04 Å². The van der Waals surface area contributed by atoms with E-state index in [9.17, 15) is 9.50 Å². The molecule has 0 saturated heterocycles. The van der Waals surface area contributed by atoms with Gasteiger partial charge in [-0.3, -0.25) is 4.98 Å². The predicted octanol–water partition coefficient (Wildman–Crippen LogP) is 2.42. The molecular formula is C14H21FN2O. The van der Waals surface area contributed by atoms with E-state index in [0.717, 1.165) is 37.9 Å². The predicted molar refractivity (Wildman–Crippen MR) is 68.6 cm³/mol. The molecule has 1 unspecified atom stereocenters. The topological polar surface area (TPSA) is 45.1 Å². The van der Waals surface area contributed by atoms with Crippen molar-refractivity contribution in [1.82, 2.24) is 10.3 Å². The Balaban J connectivity index is 1.77. The number of aliphatic hydroxyl groups excluding tert-OH is 1. The summed E-state index contributed by atoms with van der Waals surface area (Å²) >= 11 is 0. The van der Waals surface area contributed by atoms with Crippen LogP contribution in [-0.4, -0.2) is 22.7 Å². The quantitative estimate of drug-likeness (QED) is 0.865. The normalized spacial score (nSPS) is 25.9. The summed E-state index contributed by atoms with van der Waals surface area (Å²) in [4.78, 5) is 4.08. The van der Waals surface area contributed by atoms with Gasteiger partial charge in [0.05, 0.1) is 18.0 Å². The van der Waals surface area contributed by atoms with Crippen LogP contribution in [0.5, 0.6) is 0 Å². The van der Waals surface area contributed by atoms with Gasteiger partial charge < -0.3 is 10.4 Å². The van der Waals surface area contributed by atoms with E-state index in [4.69, 9.17) is 0 Å². The van der Waals surface area contributed by atoms with Gasteiger partial charge in [0.1, 0.15) is 5.82 Å². The van der Waals surface area contributed by atoms with Gasteiger partial charge in [0.25, 0.3) is 0 Å². The van der Waals surface area contributed by atoms with Crippen LogP contribution in [0.2, 0.25) is 0 Å². The summed E-state index contributed by atoms with van der Waals surface area (Å²) in [6.07, 6.45) is 5.14. The van der Waals surface area contributed by atoms with Crippen LogP contribution in [-0.2, 0) is 0 Å².